The van der Waals surface area contributed by atoms with Crippen molar-refractivity contribution in [2.45, 2.75) is 103 Å². The Balaban J connectivity index is 2.27. The summed E-state index contributed by atoms with van der Waals surface area (Å²) in [5.74, 6) is -1.17. The largest absolute Gasteiger partial charge is 0.481 e. The molecule has 0 heterocycles. The van der Waals surface area contributed by atoms with Crippen molar-refractivity contribution < 1.29 is 24.9 Å². The molecule has 1 rings (SSSR count). The zero-order valence-electron chi connectivity index (χ0n) is 15.7. The number of hydrogen-bond acceptors (Lipinski definition) is 4. The summed E-state index contributed by atoms with van der Waals surface area (Å²) >= 11 is 0. The van der Waals surface area contributed by atoms with Crippen molar-refractivity contribution in [2.75, 3.05) is 0 Å². The molecule has 1 unspecified atom stereocenters. The van der Waals surface area contributed by atoms with Gasteiger partial charge in [-0.1, -0.05) is 45.4 Å². The average Bonchev–Trinajstić information content (AvgIpc) is 2.82. The minimum atomic E-state index is -0.850. The van der Waals surface area contributed by atoms with E-state index in [4.69, 9.17) is 5.11 Å². The maximum Gasteiger partial charge on any atom is 0.303 e. The second-order valence-corrected chi connectivity index (χ2v) is 7.58. The van der Waals surface area contributed by atoms with Gasteiger partial charge < -0.3 is 15.3 Å². The highest BCUT2D eigenvalue weighted by Crippen LogP contribution is 2.36. The summed E-state index contributed by atoms with van der Waals surface area (Å²) in [6, 6.07) is 0. The van der Waals surface area contributed by atoms with Crippen LogP contribution in [0.25, 0.3) is 0 Å². The Morgan fingerprint density at radius 1 is 1.08 bits per heavy atom. The van der Waals surface area contributed by atoms with E-state index in [-0.39, 0.29) is 36.6 Å². The number of carbonyl (C=O) groups is 2. The maximum atomic E-state index is 12.0. The Labute approximate surface area is 151 Å². The molecule has 0 saturated heterocycles. The summed E-state index contributed by atoms with van der Waals surface area (Å²) in [5, 5.41) is 29.0. The standard InChI is InChI=1S/C20H36O5/c1-2-3-4-5-6-7-9-15(21)12-13-17-16(10-8-11-20(24)25)18(22)14-19(17)23/h15-17,19,21,23H,2-14H2,1H3,(H,24,25)/t15?,16-,17-,19-/m1/s1. The molecule has 0 aromatic rings. The van der Waals surface area contributed by atoms with Gasteiger partial charge in [-0.3, -0.25) is 9.59 Å². The quantitative estimate of drug-likeness (QED) is 0.413. The van der Waals surface area contributed by atoms with Crippen molar-refractivity contribution in [1.82, 2.24) is 0 Å². The van der Waals surface area contributed by atoms with E-state index in [1.165, 1.54) is 25.7 Å². The van der Waals surface area contributed by atoms with Crippen LogP contribution in [-0.2, 0) is 9.59 Å². The highest BCUT2D eigenvalue weighted by molar-refractivity contribution is 5.84. The zero-order chi connectivity index (χ0) is 18.7. The van der Waals surface area contributed by atoms with Crippen molar-refractivity contribution in [1.29, 1.82) is 0 Å². The highest BCUT2D eigenvalue weighted by Gasteiger charge is 2.40. The van der Waals surface area contributed by atoms with Crippen LogP contribution in [0.15, 0.2) is 0 Å². The van der Waals surface area contributed by atoms with Crippen LogP contribution in [0, 0.1) is 11.8 Å². The molecule has 0 amide bonds. The van der Waals surface area contributed by atoms with Gasteiger partial charge in [-0.25, -0.2) is 0 Å². The van der Waals surface area contributed by atoms with E-state index in [1.807, 2.05) is 0 Å². The maximum absolute atomic E-state index is 12.0. The van der Waals surface area contributed by atoms with Crippen LogP contribution in [0.1, 0.15) is 90.4 Å². The number of aliphatic hydroxyl groups is 2. The van der Waals surface area contributed by atoms with Gasteiger partial charge in [-0.05, 0) is 38.0 Å². The minimum absolute atomic E-state index is 0.0494. The van der Waals surface area contributed by atoms with Crippen LogP contribution in [0.2, 0.25) is 0 Å². The molecular weight excluding hydrogens is 320 g/mol. The van der Waals surface area contributed by atoms with Gasteiger partial charge in [0.1, 0.15) is 5.78 Å². The van der Waals surface area contributed by atoms with E-state index >= 15 is 0 Å². The highest BCUT2D eigenvalue weighted by atomic mass is 16.4. The molecule has 0 aromatic heterocycles. The lowest BCUT2D eigenvalue weighted by atomic mass is 9.85. The molecule has 0 spiro atoms. The number of carboxylic acid groups (broad SMARTS) is 1. The van der Waals surface area contributed by atoms with Gasteiger partial charge in [-0.2, -0.15) is 0 Å². The molecule has 1 saturated carbocycles. The molecule has 0 aromatic carbocycles. The molecule has 25 heavy (non-hydrogen) atoms. The number of rotatable bonds is 14. The van der Waals surface area contributed by atoms with Crippen LogP contribution in [0.3, 0.4) is 0 Å². The van der Waals surface area contributed by atoms with Gasteiger partial charge in [0.15, 0.2) is 0 Å². The first-order valence-electron chi connectivity index (χ1n) is 10.1. The SMILES string of the molecule is CCCCCCCCC(O)CC[C@H]1[C@H](O)CC(=O)[C@@H]1CCCC(=O)O. The Bertz CT molecular complexity index is 396. The minimum Gasteiger partial charge on any atom is -0.481 e. The summed E-state index contributed by atoms with van der Waals surface area (Å²) in [6.45, 7) is 2.20. The van der Waals surface area contributed by atoms with E-state index in [9.17, 15) is 19.8 Å². The van der Waals surface area contributed by atoms with Crippen molar-refractivity contribution in [3.8, 4) is 0 Å². The number of carbonyl (C=O) groups excluding carboxylic acids is 1. The molecule has 4 atom stereocenters. The third-order valence-electron chi connectivity index (χ3n) is 5.46. The number of ketones is 1. The third kappa shape index (κ3) is 8.82. The number of carboxylic acids is 1. The first-order valence-corrected chi connectivity index (χ1v) is 10.1. The summed E-state index contributed by atoms with van der Waals surface area (Å²) in [7, 11) is 0. The van der Waals surface area contributed by atoms with Crippen LogP contribution in [0.5, 0.6) is 0 Å². The monoisotopic (exact) mass is 356 g/mol. The molecule has 146 valence electrons. The van der Waals surface area contributed by atoms with Crippen molar-refractivity contribution in [2.24, 2.45) is 11.8 Å². The lowest BCUT2D eigenvalue weighted by molar-refractivity contribution is -0.137. The smallest absolute Gasteiger partial charge is 0.303 e. The Hall–Kier alpha value is -0.940. The molecule has 1 aliphatic rings. The first kappa shape index (κ1) is 22.1. The third-order valence-corrected chi connectivity index (χ3v) is 5.46. The second-order valence-electron chi connectivity index (χ2n) is 7.58. The first-order chi connectivity index (χ1) is 12.0. The predicted octanol–water partition coefficient (Wildman–Crippen LogP) is 3.70. The number of Topliss-reactive ketones (excluding diaryl/α,β-unsaturated/α-hetero) is 1. The van der Waals surface area contributed by atoms with Crippen LogP contribution >= 0.6 is 0 Å². The lowest BCUT2D eigenvalue weighted by Gasteiger charge is -2.22. The van der Waals surface area contributed by atoms with Crippen molar-refractivity contribution in [3.63, 3.8) is 0 Å². The molecule has 0 bridgehead atoms. The normalized spacial score (nSPS) is 24.6. The van der Waals surface area contributed by atoms with Gasteiger partial charge in [0.25, 0.3) is 0 Å². The van der Waals surface area contributed by atoms with Gasteiger partial charge in [0, 0.05) is 18.8 Å². The lowest BCUT2D eigenvalue weighted by Crippen LogP contribution is -2.23. The molecule has 0 aliphatic heterocycles. The van der Waals surface area contributed by atoms with Crippen LogP contribution in [0.4, 0.5) is 0 Å². The number of hydrogen-bond donors (Lipinski definition) is 3. The summed E-state index contributed by atoms with van der Waals surface area (Å²) in [6.07, 6.45) is 9.45. The van der Waals surface area contributed by atoms with Gasteiger partial charge in [0.05, 0.1) is 12.2 Å². The number of aliphatic carboxylic acids is 1. The molecule has 5 nitrogen and oxygen atoms in total. The fourth-order valence-corrected chi connectivity index (χ4v) is 3.95. The Morgan fingerprint density at radius 3 is 2.44 bits per heavy atom. The summed E-state index contributed by atoms with van der Waals surface area (Å²) in [4.78, 5) is 22.7. The molecule has 3 N–H and O–H groups in total. The van der Waals surface area contributed by atoms with E-state index < -0.39 is 12.1 Å². The predicted molar refractivity (Wildman–Crippen MR) is 97.3 cm³/mol. The Kier molecular flexibility index (Phi) is 11.0. The van der Waals surface area contributed by atoms with Crippen LogP contribution < -0.4 is 0 Å². The molecule has 0 radical (unpaired) electrons. The van der Waals surface area contributed by atoms with Gasteiger partial charge in [-0.15, -0.1) is 0 Å². The van der Waals surface area contributed by atoms with E-state index in [0.717, 1.165) is 19.3 Å². The number of unbranched alkanes of at least 4 members (excludes halogenated alkanes) is 5. The van der Waals surface area contributed by atoms with Crippen LogP contribution in [-0.4, -0.2) is 39.3 Å². The van der Waals surface area contributed by atoms with Gasteiger partial charge in [0.2, 0.25) is 0 Å². The van der Waals surface area contributed by atoms with E-state index in [0.29, 0.717) is 25.7 Å². The fourth-order valence-electron chi connectivity index (χ4n) is 3.95. The van der Waals surface area contributed by atoms with Gasteiger partial charge >= 0.3 is 5.97 Å². The summed E-state index contributed by atoms with van der Waals surface area (Å²) < 4.78 is 0. The second kappa shape index (κ2) is 12.4. The average molecular weight is 357 g/mol. The molecule has 1 fully saturated rings. The number of aliphatic hydroxyl groups excluding tert-OH is 2. The van der Waals surface area contributed by atoms with E-state index in [2.05, 4.69) is 6.92 Å². The van der Waals surface area contributed by atoms with E-state index in [1.54, 1.807) is 0 Å². The van der Waals surface area contributed by atoms with Crippen molar-refractivity contribution >= 4 is 11.8 Å². The topological polar surface area (TPSA) is 94.8 Å². The summed E-state index contributed by atoms with van der Waals surface area (Å²) in [5.41, 5.74) is 0. The van der Waals surface area contributed by atoms with Crippen molar-refractivity contribution in [3.05, 3.63) is 0 Å². The molecule has 1 aliphatic carbocycles. The zero-order valence-corrected chi connectivity index (χ0v) is 15.7. The fraction of sp³-hybridized carbons (Fsp3) is 0.900. The molecular formula is C20H36O5. The molecule has 5 heteroatoms. The Morgan fingerprint density at radius 2 is 1.76 bits per heavy atom.